The average Bonchev–Trinajstić information content (AvgIpc) is 3.20. The number of carbonyl (C=O) groups is 2. The molecule has 0 saturated carbocycles. The van der Waals surface area contributed by atoms with E-state index in [1.165, 1.54) is 16.8 Å². The van der Waals surface area contributed by atoms with Crippen molar-refractivity contribution in [2.24, 2.45) is 0 Å². The molecule has 1 aliphatic carbocycles. The minimum Gasteiger partial charge on any atom is -0.467 e. The molecule has 0 unspecified atom stereocenters. The van der Waals surface area contributed by atoms with E-state index in [-0.39, 0.29) is 18.4 Å². The summed E-state index contributed by atoms with van der Waals surface area (Å²) in [5, 5.41) is 0.981. The number of ether oxygens (including phenoxy) is 1. The van der Waals surface area contributed by atoms with Crippen molar-refractivity contribution in [3.63, 3.8) is 0 Å². The molecule has 2 aromatic rings. The second-order valence-corrected chi connectivity index (χ2v) is 7.48. The van der Waals surface area contributed by atoms with Gasteiger partial charge in [0.05, 0.1) is 5.39 Å². The molecule has 0 spiro atoms. The van der Waals surface area contributed by atoms with Crippen molar-refractivity contribution in [1.82, 2.24) is 19.8 Å². The van der Waals surface area contributed by atoms with Gasteiger partial charge in [-0.15, -0.1) is 11.3 Å². The van der Waals surface area contributed by atoms with Gasteiger partial charge in [0.25, 0.3) is 5.91 Å². The Hall–Kier alpha value is -2.22. The molecule has 2 aromatic heterocycles. The van der Waals surface area contributed by atoms with Crippen LogP contribution < -0.4 is 4.74 Å². The van der Waals surface area contributed by atoms with Crippen LogP contribution in [0.1, 0.15) is 23.8 Å². The van der Waals surface area contributed by atoms with Gasteiger partial charge >= 0.3 is 0 Å². The summed E-state index contributed by atoms with van der Waals surface area (Å²) >= 11 is 1.70. The van der Waals surface area contributed by atoms with Gasteiger partial charge in [-0.1, -0.05) is 0 Å². The largest absolute Gasteiger partial charge is 0.467 e. The molecule has 132 valence electrons. The molecular formula is C17H20N4O3S. The van der Waals surface area contributed by atoms with Crippen LogP contribution in [-0.2, 0) is 22.4 Å². The number of carbonyl (C=O) groups excluding carboxylic acids is 2. The van der Waals surface area contributed by atoms with E-state index in [0.29, 0.717) is 32.1 Å². The highest BCUT2D eigenvalue weighted by atomic mass is 32.1. The van der Waals surface area contributed by atoms with Crippen LogP contribution in [0, 0.1) is 0 Å². The Morgan fingerprint density at radius 2 is 1.92 bits per heavy atom. The van der Waals surface area contributed by atoms with E-state index in [1.54, 1.807) is 28.1 Å². The highest BCUT2D eigenvalue weighted by Crippen LogP contribution is 2.39. The second kappa shape index (κ2) is 6.59. The molecule has 7 nitrogen and oxygen atoms in total. The zero-order valence-electron chi connectivity index (χ0n) is 14.2. The molecular weight excluding hydrogens is 340 g/mol. The lowest BCUT2D eigenvalue weighted by Gasteiger charge is -2.34. The monoisotopic (exact) mass is 360 g/mol. The first kappa shape index (κ1) is 16.3. The molecule has 0 atom stereocenters. The van der Waals surface area contributed by atoms with Crippen molar-refractivity contribution in [3.8, 4) is 5.88 Å². The molecule has 25 heavy (non-hydrogen) atoms. The molecule has 0 radical (unpaired) electrons. The Morgan fingerprint density at radius 3 is 2.68 bits per heavy atom. The number of hydrogen-bond donors (Lipinski definition) is 0. The van der Waals surface area contributed by atoms with Gasteiger partial charge in [-0.3, -0.25) is 9.59 Å². The summed E-state index contributed by atoms with van der Waals surface area (Å²) in [6.45, 7) is 3.79. The van der Waals surface area contributed by atoms with Crippen LogP contribution in [0.15, 0.2) is 6.33 Å². The van der Waals surface area contributed by atoms with Crippen LogP contribution in [0.5, 0.6) is 5.88 Å². The summed E-state index contributed by atoms with van der Waals surface area (Å²) in [4.78, 5) is 38.2. The average molecular weight is 360 g/mol. The van der Waals surface area contributed by atoms with Crippen LogP contribution in [-0.4, -0.2) is 64.4 Å². The molecule has 0 bridgehead atoms. The normalized spacial score (nSPS) is 17.0. The number of amides is 2. The summed E-state index contributed by atoms with van der Waals surface area (Å²) < 4.78 is 5.78. The molecule has 0 aromatic carbocycles. The van der Waals surface area contributed by atoms with E-state index >= 15 is 0 Å². The maximum atomic E-state index is 12.4. The molecule has 8 heteroatoms. The topological polar surface area (TPSA) is 75.6 Å². The molecule has 2 amide bonds. The molecule has 1 saturated heterocycles. The van der Waals surface area contributed by atoms with Crippen molar-refractivity contribution in [1.29, 1.82) is 0 Å². The smallest absolute Gasteiger partial charge is 0.260 e. The van der Waals surface area contributed by atoms with Gasteiger partial charge in [0, 0.05) is 38.0 Å². The summed E-state index contributed by atoms with van der Waals surface area (Å²) in [5.41, 5.74) is 1.29. The quantitative estimate of drug-likeness (QED) is 0.823. The molecule has 0 N–H and O–H groups in total. The van der Waals surface area contributed by atoms with Gasteiger partial charge in [0.1, 0.15) is 11.2 Å². The van der Waals surface area contributed by atoms with E-state index in [4.69, 9.17) is 4.74 Å². The lowest BCUT2D eigenvalue weighted by atomic mass is 10.2. The summed E-state index contributed by atoms with van der Waals surface area (Å²) in [7, 11) is 0. The minimum absolute atomic E-state index is 0.0309. The van der Waals surface area contributed by atoms with Crippen LogP contribution >= 0.6 is 11.3 Å². The van der Waals surface area contributed by atoms with Crippen LogP contribution in [0.3, 0.4) is 0 Å². The number of fused-ring (bicyclic) bond motifs is 3. The highest BCUT2D eigenvalue weighted by Gasteiger charge is 2.25. The molecule has 3 heterocycles. The van der Waals surface area contributed by atoms with E-state index in [2.05, 4.69) is 9.97 Å². The fraction of sp³-hybridized carbons (Fsp3) is 0.529. The van der Waals surface area contributed by atoms with Crippen molar-refractivity contribution in [2.45, 2.75) is 26.2 Å². The third-order valence-electron chi connectivity index (χ3n) is 4.88. The maximum Gasteiger partial charge on any atom is 0.260 e. The number of thiophene rings is 1. The third-order valence-corrected chi connectivity index (χ3v) is 6.08. The van der Waals surface area contributed by atoms with Crippen LogP contribution in [0.2, 0.25) is 0 Å². The van der Waals surface area contributed by atoms with E-state index < -0.39 is 0 Å². The minimum atomic E-state index is -0.0677. The first-order valence-corrected chi connectivity index (χ1v) is 9.36. The second-order valence-electron chi connectivity index (χ2n) is 6.39. The van der Waals surface area contributed by atoms with Crippen LogP contribution in [0.25, 0.3) is 10.2 Å². The van der Waals surface area contributed by atoms with Crippen molar-refractivity contribution in [2.75, 3.05) is 32.8 Å². The first-order chi connectivity index (χ1) is 12.1. The number of aromatic nitrogens is 2. The molecule has 2 aliphatic rings. The molecule has 1 aliphatic heterocycles. The lowest BCUT2D eigenvalue weighted by Crippen LogP contribution is -2.51. The molecule has 1 fully saturated rings. The Labute approximate surface area is 149 Å². The molecule has 4 rings (SSSR count). The van der Waals surface area contributed by atoms with E-state index in [9.17, 15) is 9.59 Å². The number of nitrogens with zero attached hydrogens (tertiary/aromatic N) is 4. The number of aryl methyl sites for hydroxylation is 2. The van der Waals surface area contributed by atoms with Gasteiger partial charge in [-0.25, -0.2) is 9.97 Å². The lowest BCUT2D eigenvalue weighted by molar-refractivity contribution is -0.139. The fourth-order valence-electron chi connectivity index (χ4n) is 3.50. The van der Waals surface area contributed by atoms with Gasteiger partial charge < -0.3 is 14.5 Å². The van der Waals surface area contributed by atoms with E-state index in [0.717, 1.165) is 29.5 Å². The number of hydrogen-bond acceptors (Lipinski definition) is 6. The van der Waals surface area contributed by atoms with Gasteiger partial charge in [0.15, 0.2) is 6.61 Å². The fourth-order valence-corrected chi connectivity index (χ4v) is 4.72. The zero-order valence-corrected chi connectivity index (χ0v) is 15.0. The van der Waals surface area contributed by atoms with Gasteiger partial charge in [-0.05, 0) is 24.8 Å². The Morgan fingerprint density at radius 1 is 1.16 bits per heavy atom. The Bertz CT molecular complexity index is 827. The van der Waals surface area contributed by atoms with Crippen LogP contribution in [0.4, 0.5) is 0 Å². The summed E-state index contributed by atoms with van der Waals surface area (Å²) in [5.74, 6) is 0.500. The van der Waals surface area contributed by atoms with Gasteiger partial charge in [-0.2, -0.15) is 0 Å². The SMILES string of the molecule is CC(=O)N1CCN(C(=O)COc2ncnc3sc4c(c23)CCC4)CC1. The van der Waals surface area contributed by atoms with Crippen molar-refractivity contribution < 1.29 is 14.3 Å². The highest BCUT2D eigenvalue weighted by molar-refractivity contribution is 7.18. The van der Waals surface area contributed by atoms with Crippen molar-refractivity contribution in [3.05, 3.63) is 16.8 Å². The summed E-state index contributed by atoms with van der Waals surface area (Å²) in [6, 6.07) is 0. The van der Waals surface area contributed by atoms with E-state index in [1.807, 2.05) is 0 Å². The number of rotatable bonds is 3. The standard InChI is InChI=1S/C17H20N4O3S/c1-11(22)20-5-7-21(8-6-20)14(23)9-24-16-15-12-3-2-4-13(12)25-17(15)19-10-18-16/h10H,2-9H2,1H3. The Balaban J connectivity index is 1.43. The zero-order chi connectivity index (χ0) is 17.4. The summed E-state index contributed by atoms with van der Waals surface area (Å²) in [6.07, 6.45) is 4.78. The third kappa shape index (κ3) is 3.06. The predicted octanol–water partition coefficient (Wildman–Crippen LogP) is 1.25. The van der Waals surface area contributed by atoms with Gasteiger partial charge in [0.2, 0.25) is 11.8 Å². The first-order valence-electron chi connectivity index (χ1n) is 8.55. The Kier molecular flexibility index (Phi) is 4.29. The number of piperazine rings is 1. The predicted molar refractivity (Wildman–Crippen MR) is 93.8 cm³/mol. The maximum absolute atomic E-state index is 12.4. The van der Waals surface area contributed by atoms with Crippen molar-refractivity contribution >= 4 is 33.4 Å².